The quantitative estimate of drug-likeness (QED) is 0.723. The molecule has 0 aliphatic carbocycles. The average molecular weight is 312 g/mol. The van der Waals surface area contributed by atoms with Crippen LogP contribution in [-0.2, 0) is 6.54 Å². The lowest BCUT2D eigenvalue weighted by molar-refractivity contribution is 0.0741. The van der Waals surface area contributed by atoms with Gasteiger partial charge in [-0.1, -0.05) is 5.16 Å². The Hall–Kier alpha value is -3.02. The van der Waals surface area contributed by atoms with Gasteiger partial charge in [-0.15, -0.1) is 0 Å². The van der Waals surface area contributed by atoms with Crippen molar-refractivity contribution in [3.05, 3.63) is 60.2 Å². The van der Waals surface area contributed by atoms with Gasteiger partial charge in [0, 0.05) is 18.7 Å². The van der Waals surface area contributed by atoms with Crippen molar-refractivity contribution < 1.29 is 18.5 Å². The molecular formula is C17H16N2O4. The summed E-state index contributed by atoms with van der Waals surface area (Å²) in [7, 11) is 3.30. The third kappa shape index (κ3) is 3.26. The van der Waals surface area contributed by atoms with E-state index in [2.05, 4.69) is 5.16 Å². The van der Waals surface area contributed by atoms with Crippen LogP contribution in [0.25, 0.3) is 11.3 Å². The summed E-state index contributed by atoms with van der Waals surface area (Å²) in [5.41, 5.74) is 0.878. The molecule has 0 atom stereocenters. The minimum absolute atomic E-state index is 0.221. The minimum atomic E-state index is -0.221. The molecule has 6 heteroatoms. The predicted molar refractivity (Wildman–Crippen MR) is 83.0 cm³/mol. The summed E-state index contributed by atoms with van der Waals surface area (Å²) in [6.45, 7) is 0.331. The van der Waals surface area contributed by atoms with Crippen LogP contribution in [0, 0.1) is 0 Å². The summed E-state index contributed by atoms with van der Waals surface area (Å²) in [5.74, 6) is 2.06. The highest BCUT2D eigenvalue weighted by molar-refractivity contribution is 5.91. The fourth-order valence-electron chi connectivity index (χ4n) is 2.18. The molecule has 23 heavy (non-hydrogen) atoms. The molecule has 0 N–H and O–H groups in total. The van der Waals surface area contributed by atoms with E-state index in [0.717, 1.165) is 11.3 Å². The molecule has 0 fully saturated rings. The molecule has 0 radical (unpaired) electrons. The lowest BCUT2D eigenvalue weighted by Gasteiger charge is -2.13. The second-order valence-electron chi connectivity index (χ2n) is 5.03. The highest BCUT2D eigenvalue weighted by Crippen LogP contribution is 2.25. The zero-order valence-electron chi connectivity index (χ0n) is 12.9. The molecule has 0 saturated heterocycles. The van der Waals surface area contributed by atoms with Gasteiger partial charge in [-0.3, -0.25) is 4.79 Å². The van der Waals surface area contributed by atoms with Gasteiger partial charge >= 0.3 is 0 Å². The van der Waals surface area contributed by atoms with Crippen LogP contribution in [0.3, 0.4) is 0 Å². The van der Waals surface area contributed by atoms with E-state index in [-0.39, 0.29) is 11.7 Å². The van der Waals surface area contributed by atoms with Gasteiger partial charge < -0.3 is 18.6 Å². The van der Waals surface area contributed by atoms with Gasteiger partial charge in [0.15, 0.2) is 11.5 Å². The first kappa shape index (κ1) is 14.9. The monoisotopic (exact) mass is 312 g/mol. The van der Waals surface area contributed by atoms with E-state index in [4.69, 9.17) is 13.7 Å². The maximum absolute atomic E-state index is 12.4. The standard InChI is InChI=1S/C17H16N2O4/c1-19(11-14-9-10-18-23-14)17(20)16-8-7-15(22-16)12-3-5-13(21-2)6-4-12/h3-10H,11H2,1-2H3. The van der Waals surface area contributed by atoms with Gasteiger partial charge in [0.1, 0.15) is 11.5 Å². The summed E-state index contributed by atoms with van der Waals surface area (Å²) in [4.78, 5) is 13.9. The van der Waals surface area contributed by atoms with Crippen LogP contribution in [0.4, 0.5) is 0 Å². The normalized spacial score (nSPS) is 10.5. The van der Waals surface area contributed by atoms with Crippen molar-refractivity contribution in [1.29, 1.82) is 0 Å². The Balaban J connectivity index is 1.73. The van der Waals surface area contributed by atoms with Gasteiger partial charge in [0.2, 0.25) is 0 Å². The average Bonchev–Trinajstić information content (AvgIpc) is 3.26. The number of aromatic nitrogens is 1. The van der Waals surface area contributed by atoms with Crippen LogP contribution >= 0.6 is 0 Å². The van der Waals surface area contributed by atoms with Crippen molar-refractivity contribution in [2.75, 3.05) is 14.2 Å². The Morgan fingerprint density at radius 1 is 1.17 bits per heavy atom. The molecule has 2 heterocycles. The van der Waals surface area contributed by atoms with Gasteiger partial charge in [-0.05, 0) is 36.4 Å². The van der Waals surface area contributed by atoms with Crippen molar-refractivity contribution in [3.8, 4) is 17.1 Å². The van der Waals surface area contributed by atoms with E-state index in [1.54, 1.807) is 38.6 Å². The minimum Gasteiger partial charge on any atom is -0.497 e. The fraction of sp³-hybridized carbons (Fsp3) is 0.176. The maximum atomic E-state index is 12.4. The topological polar surface area (TPSA) is 68.7 Å². The predicted octanol–water partition coefficient (Wildman–Crippen LogP) is 3.22. The van der Waals surface area contributed by atoms with Crippen LogP contribution in [-0.4, -0.2) is 30.1 Å². The molecule has 0 saturated carbocycles. The summed E-state index contributed by atoms with van der Waals surface area (Å²) in [6, 6.07) is 12.6. The zero-order valence-corrected chi connectivity index (χ0v) is 12.9. The van der Waals surface area contributed by atoms with E-state index in [1.807, 2.05) is 24.3 Å². The first-order chi connectivity index (χ1) is 11.2. The Kier molecular flexibility index (Phi) is 4.14. The number of carbonyl (C=O) groups is 1. The Bertz CT molecular complexity index is 775. The number of amides is 1. The van der Waals surface area contributed by atoms with Gasteiger partial charge in [-0.25, -0.2) is 0 Å². The molecule has 0 unspecified atom stereocenters. The van der Waals surface area contributed by atoms with E-state index in [9.17, 15) is 4.79 Å². The number of carbonyl (C=O) groups excluding carboxylic acids is 1. The smallest absolute Gasteiger partial charge is 0.289 e. The van der Waals surface area contributed by atoms with Gasteiger partial charge in [0.25, 0.3) is 5.91 Å². The molecule has 3 aromatic rings. The largest absolute Gasteiger partial charge is 0.497 e. The summed E-state index contributed by atoms with van der Waals surface area (Å²) in [5, 5.41) is 3.62. The molecule has 2 aromatic heterocycles. The molecule has 0 spiro atoms. The maximum Gasteiger partial charge on any atom is 0.289 e. The molecule has 3 rings (SSSR count). The number of hydrogen-bond acceptors (Lipinski definition) is 5. The van der Waals surface area contributed by atoms with Crippen LogP contribution in [0.2, 0.25) is 0 Å². The number of rotatable bonds is 5. The lowest BCUT2D eigenvalue weighted by Crippen LogP contribution is -2.25. The van der Waals surface area contributed by atoms with Crippen molar-refractivity contribution in [3.63, 3.8) is 0 Å². The molecule has 0 aliphatic rings. The molecule has 1 aromatic carbocycles. The van der Waals surface area contributed by atoms with E-state index in [1.165, 1.54) is 4.90 Å². The van der Waals surface area contributed by atoms with Crippen LogP contribution < -0.4 is 4.74 Å². The Labute approximate surface area is 133 Å². The highest BCUT2D eigenvalue weighted by Gasteiger charge is 2.18. The van der Waals surface area contributed by atoms with Gasteiger partial charge in [0.05, 0.1) is 19.9 Å². The second-order valence-corrected chi connectivity index (χ2v) is 5.03. The molecule has 6 nitrogen and oxygen atoms in total. The van der Waals surface area contributed by atoms with E-state index in [0.29, 0.717) is 18.1 Å². The van der Waals surface area contributed by atoms with Crippen LogP contribution in [0.1, 0.15) is 16.3 Å². The number of methoxy groups -OCH3 is 1. The SMILES string of the molecule is COc1ccc(-c2ccc(C(=O)N(C)Cc3ccno3)o2)cc1. The first-order valence-corrected chi connectivity index (χ1v) is 7.06. The molecule has 1 amide bonds. The van der Waals surface area contributed by atoms with Crippen molar-refractivity contribution in [2.45, 2.75) is 6.54 Å². The summed E-state index contributed by atoms with van der Waals surface area (Å²) < 4.78 is 15.8. The second kappa shape index (κ2) is 6.39. The fourth-order valence-corrected chi connectivity index (χ4v) is 2.18. The molecule has 0 bridgehead atoms. The van der Waals surface area contributed by atoms with E-state index >= 15 is 0 Å². The van der Waals surface area contributed by atoms with Crippen LogP contribution in [0.15, 0.2) is 57.6 Å². The zero-order chi connectivity index (χ0) is 16.2. The van der Waals surface area contributed by atoms with Gasteiger partial charge in [-0.2, -0.15) is 0 Å². The van der Waals surface area contributed by atoms with Crippen molar-refractivity contribution in [2.24, 2.45) is 0 Å². The first-order valence-electron chi connectivity index (χ1n) is 7.06. The number of nitrogens with zero attached hydrogens (tertiary/aromatic N) is 2. The summed E-state index contributed by atoms with van der Waals surface area (Å²) in [6.07, 6.45) is 1.54. The molecular weight excluding hydrogens is 296 g/mol. The lowest BCUT2D eigenvalue weighted by atomic mass is 10.2. The van der Waals surface area contributed by atoms with Crippen LogP contribution in [0.5, 0.6) is 5.75 Å². The number of benzene rings is 1. The van der Waals surface area contributed by atoms with E-state index < -0.39 is 0 Å². The Morgan fingerprint density at radius 3 is 2.61 bits per heavy atom. The highest BCUT2D eigenvalue weighted by atomic mass is 16.5. The number of ether oxygens (including phenoxy) is 1. The molecule has 0 aliphatic heterocycles. The van der Waals surface area contributed by atoms with Crippen molar-refractivity contribution in [1.82, 2.24) is 10.1 Å². The third-order valence-electron chi connectivity index (χ3n) is 3.42. The number of furan rings is 1. The third-order valence-corrected chi connectivity index (χ3v) is 3.42. The number of hydrogen-bond donors (Lipinski definition) is 0. The summed E-state index contributed by atoms with van der Waals surface area (Å²) >= 11 is 0. The molecule has 118 valence electrons. The van der Waals surface area contributed by atoms with Crippen molar-refractivity contribution >= 4 is 5.91 Å². The Morgan fingerprint density at radius 2 is 1.96 bits per heavy atom.